The van der Waals surface area contributed by atoms with Crippen LogP contribution in [0.1, 0.15) is 12.8 Å². The molecule has 1 aromatic rings. The number of azide groups is 1. The van der Waals surface area contributed by atoms with Crippen LogP contribution >= 0.6 is 21.6 Å². The summed E-state index contributed by atoms with van der Waals surface area (Å²) in [5, 5.41) is 14.5. The summed E-state index contributed by atoms with van der Waals surface area (Å²) in [6.45, 7) is 0.655. The van der Waals surface area contributed by atoms with E-state index in [0.29, 0.717) is 23.7 Å². The van der Waals surface area contributed by atoms with E-state index in [9.17, 15) is 18.0 Å². The van der Waals surface area contributed by atoms with Crippen LogP contribution in [0.25, 0.3) is 10.4 Å². The Kier molecular flexibility index (Phi) is 10.7. The third kappa shape index (κ3) is 10.1. The molecule has 13 heteroatoms. The molecular formula is C14H19N5O5S3. The molecule has 0 aliphatic rings. The van der Waals surface area contributed by atoms with Gasteiger partial charge in [-0.15, -0.1) is 0 Å². The molecule has 0 unspecified atom stereocenters. The van der Waals surface area contributed by atoms with Crippen LogP contribution in [0.5, 0.6) is 0 Å². The number of carboxylic acids is 1. The number of aliphatic carboxylic acids is 1. The van der Waals surface area contributed by atoms with E-state index in [1.165, 1.54) is 45.9 Å². The standard InChI is InChI=1S/C14H19N5O5S3/c15-19-18-11-1-3-12(4-2-11)27(23,24)17-8-10-26-25-9-7-16-13(20)5-6-14(21)22/h1-4,17H,5-10H2,(H,16,20)(H,21,22). The molecule has 0 aliphatic heterocycles. The highest BCUT2D eigenvalue weighted by atomic mass is 33.1. The molecule has 1 rings (SSSR count). The lowest BCUT2D eigenvalue weighted by atomic mass is 10.3. The second-order valence-electron chi connectivity index (χ2n) is 4.97. The Labute approximate surface area is 164 Å². The summed E-state index contributed by atoms with van der Waals surface area (Å²) in [4.78, 5) is 24.3. The van der Waals surface area contributed by atoms with Gasteiger partial charge in [-0.2, -0.15) is 0 Å². The van der Waals surface area contributed by atoms with Crippen molar-refractivity contribution >= 4 is 49.2 Å². The van der Waals surface area contributed by atoms with Gasteiger partial charge in [-0.25, -0.2) is 13.1 Å². The van der Waals surface area contributed by atoms with E-state index in [-0.39, 0.29) is 30.2 Å². The second kappa shape index (κ2) is 12.5. The van der Waals surface area contributed by atoms with E-state index < -0.39 is 16.0 Å². The summed E-state index contributed by atoms with van der Waals surface area (Å²) in [6.07, 6.45) is -0.235. The highest BCUT2D eigenvalue weighted by Gasteiger charge is 2.12. The van der Waals surface area contributed by atoms with Crippen LogP contribution in [0.3, 0.4) is 0 Å². The van der Waals surface area contributed by atoms with Gasteiger partial charge < -0.3 is 10.4 Å². The van der Waals surface area contributed by atoms with Gasteiger partial charge in [0.1, 0.15) is 0 Å². The monoisotopic (exact) mass is 433 g/mol. The zero-order chi connectivity index (χ0) is 20.1. The van der Waals surface area contributed by atoms with Crippen molar-refractivity contribution in [3.63, 3.8) is 0 Å². The molecule has 0 radical (unpaired) electrons. The number of nitrogens with zero attached hydrogens (tertiary/aromatic N) is 3. The van der Waals surface area contributed by atoms with Crippen LogP contribution in [0.2, 0.25) is 0 Å². The minimum absolute atomic E-state index is 0.0429. The van der Waals surface area contributed by atoms with Crippen molar-refractivity contribution < 1.29 is 23.1 Å². The van der Waals surface area contributed by atoms with Crippen molar-refractivity contribution in [3.8, 4) is 0 Å². The molecule has 0 atom stereocenters. The number of nitrogens with one attached hydrogen (secondary N) is 2. The van der Waals surface area contributed by atoms with E-state index >= 15 is 0 Å². The summed E-state index contributed by atoms with van der Waals surface area (Å²) in [7, 11) is -0.691. The maximum atomic E-state index is 12.1. The molecule has 0 spiro atoms. The number of carbonyl (C=O) groups is 2. The first-order valence-electron chi connectivity index (χ1n) is 7.73. The molecule has 0 saturated carbocycles. The first-order chi connectivity index (χ1) is 12.8. The summed E-state index contributed by atoms with van der Waals surface area (Å²) >= 11 is 0. The predicted molar refractivity (Wildman–Crippen MR) is 105 cm³/mol. The molecule has 148 valence electrons. The van der Waals surface area contributed by atoms with Crippen molar-refractivity contribution in [2.45, 2.75) is 17.7 Å². The molecule has 0 bridgehead atoms. The molecule has 3 N–H and O–H groups in total. The Bertz CT molecular complexity index is 779. The van der Waals surface area contributed by atoms with E-state index in [4.69, 9.17) is 10.6 Å². The van der Waals surface area contributed by atoms with Gasteiger partial charge in [-0.05, 0) is 17.7 Å². The average Bonchev–Trinajstić information content (AvgIpc) is 2.63. The largest absolute Gasteiger partial charge is 0.481 e. The van der Waals surface area contributed by atoms with Crippen molar-refractivity contribution in [3.05, 3.63) is 34.7 Å². The zero-order valence-corrected chi connectivity index (χ0v) is 16.6. The average molecular weight is 434 g/mol. The van der Waals surface area contributed by atoms with Gasteiger partial charge in [0.25, 0.3) is 0 Å². The van der Waals surface area contributed by atoms with Crippen molar-refractivity contribution in [2.75, 3.05) is 24.6 Å². The Balaban J connectivity index is 2.17. The maximum absolute atomic E-state index is 12.1. The first kappa shape index (κ1) is 23.1. The lowest BCUT2D eigenvalue weighted by Crippen LogP contribution is -2.26. The van der Waals surface area contributed by atoms with Crippen LogP contribution in [0.15, 0.2) is 34.3 Å². The van der Waals surface area contributed by atoms with Crippen LogP contribution in [0, 0.1) is 0 Å². The number of hydrogen-bond donors (Lipinski definition) is 3. The quantitative estimate of drug-likeness (QED) is 0.141. The number of sulfonamides is 1. The van der Waals surface area contributed by atoms with Gasteiger partial charge in [-0.1, -0.05) is 38.8 Å². The lowest BCUT2D eigenvalue weighted by molar-refractivity contribution is -0.138. The van der Waals surface area contributed by atoms with Crippen molar-refractivity contribution in [2.24, 2.45) is 5.11 Å². The van der Waals surface area contributed by atoms with E-state index in [1.54, 1.807) is 0 Å². The fraction of sp³-hybridized carbons (Fsp3) is 0.429. The molecule has 1 amide bonds. The van der Waals surface area contributed by atoms with Crippen LogP contribution in [-0.2, 0) is 19.6 Å². The van der Waals surface area contributed by atoms with E-state index in [1.807, 2.05) is 0 Å². The van der Waals surface area contributed by atoms with Crippen molar-refractivity contribution in [1.82, 2.24) is 10.0 Å². The Morgan fingerprint density at radius 1 is 1.11 bits per heavy atom. The molecule has 0 aromatic heterocycles. The van der Waals surface area contributed by atoms with Gasteiger partial charge in [0.15, 0.2) is 0 Å². The maximum Gasteiger partial charge on any atom is 0.303 e. The molecule has 0 heterocycles. The smallest absolute Gasteiger partial charge is 0.303 e. The Morgan fingerprint density at radius 2 is 1.74 bits per heavy atom. The lowest BCUT2D eigenvalue weighted by Gasteiger charge is -2.07. The summed E-state index contributed by atoms with van der Waals surface area (Å²) < 4.78 is 26.7. The van der Waals surface area contributed by atoms with Gasteiger partial charge in [0.2, 0.25) is 15.9 Å². The van der Waals surface area contributed by atoms with Gasteiger partial charge in [0, 0.05) is 41.6 Å². The first-order valence-corrected chi connectivity index (χ1v) is 11.7. The minimum atomic E-state index is -3.63. The van der Waals surface area contributed by atoms with Crippen LogP contribution in [0.4, 0.5) is 5.69 Å². The van der Waals surface area contributed by atoms with Gasteiger partial charge >= 0.3 is 5.97 Å². The SMILES string of the molecule is [N-]=[N+]=Nc1ccc(S(=O)(=O)NCCSSCCNC(=O)CCC(=O)O)cc1. The molecule has 10 nitrogen and oxygen atoms in total. The second-order valence-corrected chi connectivity index (χ2v) is 9.44. The third-order valence-electron chi connectivity index (χ3n) is 2.94. The normalized spacial score (nSPS) is 10.8. The number of rotatable bonds is 13. The Morgan fingerprint density at radius 3 is 2.33 bits per heavy atom. The van der Waals surface area contributed by atoms with Crippen LogP contribution in [-0.4, -0.2) is 50.0 Å². The molecule has 0 saturated heterocycles. The van der Waals surface area contributed by atoms with Gasteiger partial charge in [-0.3, -0.25) is 9.59 Å². The highest BCUT2D eigenvalue weighted by Crippen LogP contribution is 2.20. The Hall–Kier alpha value is -1.92. The predicted octanol–water partition coefficient (Wildman–Crippen LogP) is 2.27. The number of amides is 1. The van der Waals surface area contributed by atoms with Crippen molar-refractivity contribution in [1.29, 1.82) is 0 Å². The van der Waals surface area contributed by atoms with Crippen LogP contribution < -0.4 is 10.0 Å². The van der Waals surface area contributed by atoms with E-state index in [2.05, 4.69) is 20.1 Å². The molecule has 27 heavy (non-hydrogen) atoms. The molecule has 1 aromatic carbocycles. The third-order valence-corrected chi connectivity index (χ3v) is 6.83. The molecular weight excluding hydrogens is 414 g/mol. The number of carbonyl (C=O) groups excluding carboxylic acids is 1. The minimum Gasteiger partial charge on any atom is -0.481 e. The number of carboxylic acid groups (broad SMARTS) is 1. The number of benzene rings is 1. The molecule has 0 fully saturated rings. The highest BCUT2D eigenvalue weighted by molar-refractivity contribution is 8.76. The zero-order valence-electron chi connectivity index (χ0n) is 14.2. The van der Waals surface area contributed by atoms with E-state index in [0.717, 1.165) is 0 Å². The summed E-state index contributed by atoms with van der Waals surface area (Å²) in [5.74, 6) is -0.156. The fourth-order valence-corrected chi connectivity index (χ4v) is 4.68. The number of hydrogen-bond acceptors (Lipinski definition) is 7. The topological polar surface area (TPSA) is 161 Å². The fourth-order valence-electron chi connectivity index (χ4n) is 1.70. The van der Waals surface area contributed by atoms with Gasteiger partial charge in [0.05, 0.1) is 11.3 Å². The molecule has 0 aliphatic carbocycles. The summed E-state index contributed by atoms with van der Waals surface area (Å²) in [5.41, 5.74) is 8.65. The summed E-state index contributed by atoms with van der Waals surface area (Å²) in [6, 6.07) is 5.57.